The summed E-state index contributed by atoms with van der Waals surface area (Å²) in [5.41, 5.74) is 1.87. The predicted molar refractivity (Wildman–Crippen MR) is 100 cm³/mol. The minimum atomic E-state index is -4.39. The molecule has 2 rings (SSSR count). The summed E-state index contributed by atoms with van der Waals surface area (Å²) in [4.78, 5) is 23.8. The van der Waals surface area contributed by atoms with Crippen LogP contribution in [0, 0.1) is 0 Å². The van der Waals surface area contributed by atoms with Crippen LogP contribution >= 0.6 is 11.6 Å². The summed E-state index contributed by atoms with van der Waals surface area (Å²) in [5.74, 6) is -7.49. The number of alkyl halides is 4. The first kappa shape index (κ1) is 22.9. The molecule has 0 aliphatic heterocycles. The largest absolute Gasteiger partial charge is 0.506 e. The lowest BCUT2D eigenvalue weighted by molar-refractivity contribution is -0.148. The maximum atomic E-state index is 13.0. The van der Waals surface area contributed by atoms with Crippen molar-refractivity contribution < 1.29 is 37.0 Å². The van der Waals surface area contributed by atoms with E-state index in [1.807, 2.05) is 5.43 Å². The number of nitrogens with one attached hydrogen (secondary N) is 2. The fourth-order valence-electron chi connectivity index (χ4n) is 1.96. The second-order valence-electron chi connectivity index (χ2n) is 5.68. The second-order valence-corrected chi connectivity index (χ2v) is 6.08. The van der Waals surface area contributed by atoms with Crippen LogP contribution < -0.4 is 15.5 Å². The fourth-order valence-corrected chi connectivity index (χ4v) is 2.14. The Balaban J connectivity index is 1.99. The monoisotopic (exact) mass is 447 g/mol. The molecule has 0 unspecified atom stereocenters. The number of halogens is 5. The number of carbonyl (C=O) groups is 2. The average Bonchev–Trinajstić information content (AvgIpc) is 2.70. The Hall–Kier alpha value is -3.34. The molecule has 0 bridgehead atoms. The summed E-state index contributed by atoms with van der Waals surface area (Å²) in [6.45, 7) is -1.63. The molecule has 0 saturated carbocycles. The average molecular weight is 448 g/mol. The number of rotatable bonds is 7. The Morgan fingerprint density at radius 3 is 2.57 bits per heavy atom. The molecule has 0 atom stereocenters. The van der Waals surface area contributed by atoms with Gasteiger partial charge in [0.25, 0.3) is 0 Å². The van der Waals surface area contributed by atoms with E-state index in [-0.39, 0.29) is 27.8 Å². The SMILES string of the molecule is O=C(N/N=C\c1cccc(Cl)c1O)C(=O)Nc1ccccc1OCC(F)(F)C(F)F. The van der Waals surface area contributed by atoms with Crippen molar-refractivity contribution in [3.63, 3.8) is 0 Å². The highest BCUT2D eigenvalue weighted by molar-refractivity contribution is 6.39. The number of hydrazone groups is 1. The molecular formula is C18H14ClF4N3O4. The summed E-state index contributed by atoms with van der Waals surface area (Å²) in [6, 6.07) is 9.51. The van der Waals surface area contributed by atoms with Crippen LogP contribution in [0.5, 0.6) is 11.5 Å². The third-order valence-electron chi connectivity index (χ3n) is 3.47. The molecule has 0 saturated heterocycles. The van der Waals surface area contributed by atoms with Gasteiger partial charge < -0.3 is 15.2 Å². The lowest BCUT2D eigenvalue weighted by Gasteiger charge is -2.17. The minimum Gasteiger partial charge on any atom is -0.506 e. The van der Waals surface area contributed by atoms with E-state index in [0.717, 1.165) is 12.3 Å². The van der Waals surface area contributed by atoms with Gasteiger partial charge in [0, 0.05) is 5.56 Å². The first-order chi connectivity index (χ1) is 14.1. The van der Waals surface area contributed by atoms with E-state index in [2.05, 4.69) is 15.2 Å². The molecule has 30 heavy (non-hydrogen) atoms. The van der Waals surface area contributed by atoms with E-state index in [1.165, 1.54) is 36.4 Å². The van der Waals surface area contributed by atoms with Crippen LogP contribution in [0.25, 0.3) is 0 Å². The normalized spacial score (nSPS) is 11.5. The molecule has 0 fully saturated rings. The van der Waals surface area contributed by atoms with Crippen molar-refractivity contribution in [2.24, 2.45) is 5.10 Å². The minimum absolute atomic E-state index is 0.0528. The Bertz CT molecular complexity index is 957. The number of amides is 2. The van der Waals surface area contributed by atoms with E-state index in [0.29, 0.717) is 0 Å². The number of hydrogen-bond donors (Lipinski definition) is 3. The maximum Gasteiger partial charge on any atom is 0.340 e. The van der Waals surface area contributed by atoms with Crippen LogP contribution in [0.15, 0.2) is 47.6 Å². The van der Waals surface area contributed by atoms with Gasteiger partial charge in [-0.2, -0.15) is 13.9 Å². The van der Waals surface area contributed by atoms with Crippen molar-refractivity contribution in [2.45, 2.75) is 12.3 Å². The lowest BCUT2D eigenvalue weighted by atomic mass is 10.2. The van der Waals surface area contributed by atoms with E-state index >= 15 is 0 Å². The zero-order valence-corrected chi connectivity index (χ0v) is 15.7. The standard InChI is InChI=1S/C18H14ClF4N3O4/c19-11-5-3-4-10(14(11)27)8-24-26-16(29)15(28)25-12-6-1-2-7-13(12)30-9-18(22,23)17(20)21/h1-8,17,27H,9H2,(H,25,28)(H,26,29)/b24-8-. The molecule has 0 aliphatic carbocycles. The topological polar surface area (TPSA) is 100 Å². The zero-order valence-electron chi connectivity index (χ0n) is 14.9. The first-order valence-corrected chi connectivity index (χ1v) is 8.49. The predicted octanol–water partition coefficient (Wildman–Crippen LogP) is 3.41. The molecule has 160 valence electrons. The molecular weight excluding hydrogens is 434 g/mol. The number of nitrogens with zero attached hydrogens (tertiary/aromatic N) is 1. The van der Waals surface area contributed by atoms with Crippen LogP contribution in [-0.2, 0) is 9.59 Å². The molecule has 0 heterocycles. The molecule has 2 amide bonds. The zero-order chi connectivity index (χ0) is 22.3. The van der Waals surface area contributed by atoms with Gasteiger partial charge >= 0.3 is 24.2 Å². The van der Waals surface area contributed by atoms with Gasteiger partial charge in [0.05, 0.1) is 16.9 Å². The van der Waals surface area contributed by atoms with E-state index in [1.54, 1.807) is 0 Å². The van der Waals surface area contributed by atoms with Crippen LogP contribution in [0.1, 0.15) is 5.56 Å². The maximum absolute atomic E-state index is 13.0. The molecule has 0 spiro atoms. The number of hydrogen-bond acceptors (Lipinski definition) is 5. The molecule has 12 heteroatoms. The first-order valence-electron chi connectivity index (χ1n) is 8.11. The number of carbonyl (C=O) groups excluding carboxylic acids is 2. The summed E-state index contributed by atoms with van der Waals surface area (Å²) in [5, 5.41) is 15.4. The molecule has 7 nitrogen and oxygen atoms in total. The number of phenols is 1. The number of phenolic OH excluding ortho intramolecular Hbond substituents is 1. The van der Waals surface area contributed by atoms with Crippen molar-refractivity contribution in [2.75, 3.05) is 11.9 Å². The fraction of sp³-hybridized carbons (Fsp3) is 0.167. The van der Waals surface area contributed by atoms with Crippen molar-refractivity contribution in [1.82, 2.24) is 5.43 Å². The quantitative estimate of drug-likeness (QED) is 0.262. The molecule has 0 aliphatic rings. The third kappa shape index (κ3) is 6.08. The van der Waals surface area contributed by atoms with Crippen LogP contribution in [0.2, 0.25) is 5.02 Å². The van der Waals surface area contributed by atoms with Crippen LogP contribution in [0.3, 0.4) is 0 Å². The number of ether oxygens (including phenoxy) is 1. The van der Waals surface area contributed by atoms with Crippen molar-refractivity contribution in [1.29, 1.82) is 0 Å². The smallest absolute Gasteiger partial charge is 0.340 e. The number of benzene rings is 2. The Morgan fingerprint density at radius 1 is 1.17 bits per heavy atom. The number of aromatic hydroxyl groups is 1. The van der Waals surface area contributed by atoms with E-state index in [9.17, 15) is 32.3 Å². The van der Waals surface area contributed by atoms with Gasteiger partial charge in [0.1, 0.15) is 11.5 Å². The molecule has 3 N–H and O–H groups in total. The van der Waals surface area contributed by atoms with E-state index in [4.69, 9.17) is 11.6 Å². The van der Waals surface area contributed by atoms with Crippen molar-refractivity contribution in [3.05, 3.63) is 53.1 Å². The lowest BCUT2D eigenvalue weighted by Crippen LogP contribution is -2.34. The highest BCUT2D eigenvalue weighted by Gasteiger charge is 2.41. The second kappa shape index (κ2) is 9.92. The van der Waals surface area contributed by atoms with Gasteiger partial charge in [-0.25, -0.2) is 14.2 Å². The highest BCUT2D eigenvalue weighted by atomic mass is 35.5. The van der Waals surface area contributed by atoms with Crippen molar-refractivity contribution in [3.8, 4) is 11.5 Å². The van der Waals surface area contributed by atoms with Gasteiger partial charge in [0.15, 0.2) is 6.61 Å². The summed E-state index contributed by atoms with van der Waals surface area (Å²) < 4.78 is 55.2. The number of anilines is 1. The van der Waals surface area contributed by atoms with Gasteiger partial charge in [-0.1, -0.05) is 29.8 Å². The Kier molecular flexibility index (Phi) is 7.59. The van der Waals surface area contributed by atoms with Gasteiger partial charge in [-0.05, 0) is 24.3 Å². The van der Waals surface area contributed by atoms with E-state index < -0.39 is 30.8 Å². The highest BCUT2D eigenvalue weighted by Crippen LogP contribution is 2.28. The Labute approximate surface area is 172 Å². The molecule has 2 aromatic rings. The summed E-state index contributed by atoms with van der Waals surface area (Å²) in [6.07, 6.45) is -2.89. The van der Waals surface area contributed by atoms with Gasteiger partial charge in [-0.3, -0.25) is 9.59 Å². The van der Waals surface area contributed by atoms with Crippen LogP contribution in [-0.4, -0.2) is 42.1 Å². The Morgan fingerprint density at radius 2 is 1.87 bits per heavy atom. The van der Waals surface area contributed by atoms with Crippen LogP contribution in [0.4, 0.5) is 23.2 Å². The van der Waals surface area contributed by atoms with Crippen molar-refractivity contribution >= 4 is 35.3 Å². The van der Waals surface area contributed by atoms with Gasteiger partial charge in [-0.15, -0.1) is 0 Å². The number of para-hydroxylation sites is 3. The molecule has 2 aromatic carbocycles. The summed E-state index contributed by atoms with van der Waals surface area (Å²) >= 11 is 5.72. The third-order valence-corrected chi connectivity index (χ3v) is 3.77. The summed E-state index contributed by atoms with van der Waals surface area (Å²) in [7, 11) is 0. The molecule has 0 aromatic heterocycles. The van der Waals surface area contributed by atoms with Gasteiger partial charge in [0.2, 0.25) is 0 Å². The molecule has 0 radical (unpaired) electrons.